The minimum atomic E-state index is -0.609. The van der Waals surface area contributed by atoms with Crippen molar-refractivity contribution >= 4 is 11.8 Å². The van der Waals surface area contributed by atoms with Gasteiger partial charge in [-0.25, -0.2) is 14.9 Å². The predicted octanol–water partition coefficient (Wildman–Crippen LogP) is 0.708. The van der Waals surface area contributed by atoms with Gasteiger partial charge >= 0.3 is 5.69 Å². The van der Waals surface area contributed by atoms with Crippen molar-refractivity contribution in [2.75, 3.05) is 0 Å². The molecule has 17 heavy (non-hydrogen) atoms. The molecule has 2 rings (SSSR count). The van der Waals surface area contributed by atoms with Crippen LogP contribution in [0.25, 0.3) is 0 Å². The zero-order valence-corrected chi connectivity index (χ0v) is 10.2. The average Bonchev–Trinajstić information content (AvgIpc) is 2.61. The van der Waals surface area contributed by atoms with Crippen molar-refractivity contribution in [2.24, 2.45) is 7.05 Å². The number of aliphatic hydroxyl groups excluding tert-OH is 1. The van der Waals surface area contributed by atoms with Gasteiger partial charge in [0.1, 0.15) is 5.03 Å². The predicted molar refractivity (Wildman–Crippen MR) is 62.8 cm³/mol. The van der Waals surface area contributed by atoms with Gasteiger partial charge in [-0.3, -0.25) is 4.57 Å². The van der Waals surface area contributed by atoms with Crippen LogP contribution in [0, 0.1) is 0 Å². The third-order valence-electron chi connectivity index (χ3n) is 2.28. The van der Waals surface area contributed by atoms with Crippen LogP contribution in [-0.2, 0) is 7.05 Å². The molecule has 90 valence electrons. The first-order valence-electron chi connectivity index (χ1n) is 5.02. The molecule has 0 fully saturated rings. The Morgan fingerprint density at radius 2 is 2.35 bits per heavy atom. The Hall–Kier alpha value is -1.60. The Kier molecular flexibility index (Phi) is 3.30. The fourth-order valence-electron chi connectivity index (χ4n) is 1.32. The van der Waals surface area contributed by atoms with Crippen molar-refractivity contribution in [3.8, 4) is 0 Å². The highest BCUT2D eigenvalue weighted by atomic mass is 32.2. The standard InChI is InChI=1S/C10H12N4O2S/c1-6(15)7-4-3-5-11-8(7)17-10-13-12-9(16)14(10)2/h3-6,15H,1-2H3,(H,12,16)/t6-/m1/s1. The van der Waals surface area contributed by atoms with Gasteiger partial charge in [-0.05, 0) is 24.8 Å². The van der Waals surface area contributed by atoms with Crippen LogP contribution < -0.4 is 5.69 Å². The number of hydrogen-bond acceptors (Lipinski definition) is 5. The van der Waals surface area contributed by atoms with E-state index in [1.54, 1.807) is 32.3 Å². The van der Waals surface area contributed by atoms with Crippen LogP contribution in [0.15, 0.2) is 33.3 Å². The van der Waals surface area contributed by atoms with E-state index in [0.29, 0.717) is 15.7 Å². The van der Waals surface area contributed by atoms with Gasteiger partial charge < -0.3 is 5.11 Å². The first-order chi connectivity index (χ1) is 8.09. The number of rotatable bonds is 3. The molecule has 0 spiro atoms. The summed E-state index contributed by atoms with van der Waals surface area (Å²) in [4.78, 5) is 15.4. The number of nitrogens with one attached hydrogen (secondary N) is 1. The van der Waals surface area contributed by atoms with E-state index >= 15 is 0 Å². The summed E-state index contributed by atoms with van der Waals surface area (Å²) in [6.45, 7) is 1.67. The zero-order valence-electron chi connectivity index (χ0n) is 9.41. The molecule has 1 atom stereocenters. The SMILES string of the molecule is C[C@@H](O)c1cccnc1Sc1n[nH]c(=O)n1C. The summed E-state index contributed by atoms with van der Waals surface area (Å²) in [6.07, 6.45) is 1.03. The molecule has 0 unspecified atom stereocenters. The van der Waals surface area contributed by atoms with Gasteiger partial charge in [-0.1, -0.05) is 6.07 Å². The van der Waals surface area contributed by atoms with E-state index < -0.39 is 6.10 Å². The summed E-state index contributed by atoms with van der Waals surface area (Å²) in [6, 6.07) is 3.56. The van der Waals surface area contributed by atoms with E-state index in [1.165, 1.54) is 16.3 Å². The maximum absolute atomic E-state index is 11.2. The number of pyridine rings is 1. The third kappa shape index (κ3) is 2.40. The molecule has 0 aliphatic rings. The maximum atomic E-state index is 11.2. The van der Waals surface area contributed by atoms with E-state index in [4.69, 9.17) is 0 Å². The highest BCUT2D eigenvalue weighted by Crippen LogP contribution is 2.29. The van der Waals surface area contributed by atoms with Crippen LogP contribution in [0.4, 0.5) is 0 Å². The number of hydrogen-bond donors (Lipinski definition) is 2. The lowest BCUT2D eigenvalue weighted by Crippen LogP contribution is -2.13. The molecule has 0 saturated heterocycles. The van der Waals surface area contributed by atoms with Crippen molar-refractivity contribution in [1.82, 2.24) is 19.7 Å². The van der Waals surface area contributed by atoms with E-state index in [9.17, 15) is 9.90 Å². The van der Waals surface area contributed by atoms with Crippen molar-refractivity contribution in [3.63, 3.8) is 0 Å². The van der Waals surface area contributed by atoms with Gasteiger partial charge in [0.15, 0.2) is 5.16 Å². The van der Waals surface area contributed by atoms with Crippen LogP contribution in [0.3, 0.4) is 0 Å². The molecule has 0 saturated carbocycles. The molecule has 0 radical (unpaired) electrons. The first kappa shape index (κ1) is 11.9. The third-order valence-corrected chi connectivity index (χ3v) is 3.36. The average molecular weight is 252 g/mol. The molecule has 0 aliphatic carbocycles. The van der Waals surface area contributed by atoms with Crippen LogP contribution in [0.5, 0.6) is 0 Å². The van der Waals surface area contributed by atoms with E-state index in [2.05, 4.69) is 15.2 Å². The van der Waals surface area contributed by atoms with Gasteiger partial charge in [0, 0.05) is 18.8 Å². The molecule has 2 N–H and O–H groups in total. The molecule has 0 amide bonds. The second-order valence-electron chi connectivity index (χ2n) is 3.55. The van der Waals surface area contributed by atoms with Gasteiger partial charge in [0.05, 0.1) is 6.10 Å². The second-order valence-corrected chi connectivity index (χ2v) is 4.50. The molecular weight excluding hydrogens is 240 g/mol. The summed E-state index contributed by atoms with van der Waals surface area (Å²) in [7, 11) is 1.62. The molecule has 2 aromatic heterocycles. The Morgan fingerprint density at radius 1 is 1.59 bits per heavy atom. The normalized spacial score (nSPS) is 12.6. The number of nitrogens with zero attached hydrogens (tertiary/aromatic N) is 3. The summed E-state index contributed by atoms with van der Waals surface area (Å²) in [5, 5.41) is 17.0. The van der Waals surface area contributed by atoms with Crippen molar-refractivity contribution in [1.29, 1.82) is 0 Å². The number of aromatic amines is 1. The topological polar surface area (TPSA) is 83.8 Å². The summed E-state index contributed by atoms with van der Waals surface area (Å²) in [5.41, 5.74) is 0.440. The quantitative estimate of drug-likeness (QED) is 0.840. The Balaban J connectivity index is 2.36. The lowest BCUT2D eigenvalue weighted by atomic mass is 10.2. The van der Waals surface area contributed by atoms with E-state index in [1.807, 2.05) is 0 Å². The molecule has 2 aromatic rings. The van der Waals surface area contributed by atoms with E-state index in [-0.39, 0.29) is 5.69 Å². The molecule has 0 bridgehead atoms. The summed E-state index contributed by atoms with van der Waals surface area (Å²) in [5.74, 6) is 0. The fraction of sp³-hybridized carbons (Fsp3) is 0.300. The van der Waals surface area contributed by atoms with Crippen molar-refractivity contribution in [2.45, 2.75) is 23.2 Å². The second kappa shape index (κ2) is 4.72. The fourth-order valence-corrected chi connectivity index (χ4v) is 2.27. The molecule has 6 nitrogen and oxygen atoms in total. The van der Waals surface area contributed by atoms with Crippen molar-refractivity contribution < 1.29 is 5.11 Å². The van der Waals surface area contributed by atoms with E-state index in [0.717, 1.165) is 0 Å². The Morgan fingerprint density at radius 3 is 2.94 bits per heavy atom. The maximum Gasteiger partial charge on any atom is 0.343 e. The summed E-state index contributed by atoms with van der Waals surface area (Å²) >= 11 is 1.24. The van der Waals surface area contributed by atoms with Gasteiger partial charge in [-0.15, -0.1) is 5.10 Å². The van der Waals surface area contributed by atoms with Gasteiger partial charge in [0.2, 0.25) is 0 Å². The van der Waals surface area contributed by atoms with Crippen LogP contribution in [0.2, 0.25) is 0 Å². The monoisotopic (exact) mass is 252 g/mol. The van der Waals surface area contributed by atoms with Gasteiger partial charge in [-0.2, -0.15) is 0 Å². The lowest BCUT2D eigenvalue weighted by molar-refractivity contribution is 0.195. The Bertz CT molecular complexity index is 576. The molecule has 7 heteroatoms. The van der Waals surface area contributed by atoms with Crippen molar-refractivity contribution in [3.05, 3.63) is 34.4 Å². The first-order valence-corrected chi connectivity index (χ1v) is 5.83. The minimum Gasteiger partial charge on any atom is -0.389 e. The molecule has 2 heterocycles. The zero-order chi connectivity index (χ0) is 12.4. The van der Waals surface area contributed by atoms with Crippen LogP contribution in [0.1, 0.15) is 18.6 Å². The number of H-pyrrole nitrogens is 1. The molecular formula is C10H12N4O2S. The van der Waals surface area contributed by atoms with Gasteiger partial charge in [0.25, 0.3) is 0 Å². The highest BCUT2D eigenvalue weighted by molar-refractivity contribution is 7.99. The lowest BCUT2D eigenvalue weighted by Gasteiger charge is -2.08. The largest absolute Gasteiger partial charge is 0.389 e. The van der Waals surface area contributed by atoms with Crippen LogP contribution >= 0.6 is 11.8 Å². The smallest absolute Gasteiger partial charge is 0.343 e. The minimum absolute atomic E-state index is 0.276. The highest BCUT2D eigenvalue weighted by Gasteiger charge is 2.13. The molecule has 0 aliphatic heterocycles. The number of aliphatic hydroxyl groups is 1. The van der Waals surface area contributed by atoms with Crippen LogP contribution in [-0.4, -0.2) is 24.9 Å². The summed E-state index contributed by atoms with van der Waals surface area (Å²) < 4.78 is 1.39. The molecule has 0 aromatic carbocycles. The Labute approximate surface area is 102 Å². The number of aromatic nitrogens is 4.